The van der Waals surface area contributed by atoms with Gasteiger partial charge in [0.1, 0.15) is 5.75 Å². The SMILES string of the molecule is CCN(CC)C(=O)c1ccc(C(c2cccc(OS(=O)(=O)C(F)(F)F)c2)N2C[C@@H](C)NC[C@@H]2C)cc1. The molecule has 0 aromatic heterocycles. The molecule has 0 spiro atoms. The van der Waals surface area contributed by atoms with Gasteiger partial charge in [-0.25, -0.2) is 0 Å². The standard InChI is InChI=1S/C25H32F3N3O4S/c1-5-30(6-2)24(32)20-12-10-19(11-13-20)23(31-16-17(3)29-15-18(31)4)21-8-7-9-22(14-21)35-36(33,34)25(26,27)28/h7-14,17-18,23,29H,5-6,15-16H2,1-4H3/t17-,18+,23?/m1/s1. The fourth-order valence-corrected chi connectivity index (χ4v) is 4.85. The topological polar surface area (TPSA) is 79.0 Å². The number of amides is 1. The third-order valence-corrected chi connectivity index (χ3v) is 7.31. The summed E-state index contributed by atoms with van der Waals surface area (Å²) in [6, 6.07) is 12.7. The van der Waals surface area contributed by atoms with E-state index in [0.29, 0.717) is 37.3 Å². The summed E-state index contributed by atoms with van der Waals surface area (Å²) >= 11 is 0. The molecular weight excluding hydrogens is 495 g/mol. The minimum absolute atomic E-state index is 0.0756. The highest BCUT2D eigenvalue weighted by atomic mass is 32.2. The molecule has 7 nitrogen and oxygen atoms in total. The molecule has 11 heteroatoms. The normalized spacial score (nSPS) is 20.1. The molecule has 1 amide bonds. The number of carbonyl (C=O) groups excluding carboxylic acids is 1. The van der Waals surface area contributed by atoms with Gasteiger partial charge in [-0.05, 0) is 63.1 Å². The number of alkyl halides is 3. The molecule has 3 atom stereocenters. The first-order valence-corrected chi connectivity index (χ1v) is 13.3. The van der Waals surface area contributed by atoms with E-state index in [1.165, 1.54) is 18.2 Å². The van der Waals surface area contributed by atoms with Crippen LogP contribution < -0.4 is 9.50 Å². The lowest BCUT2D eigenvalue weighted by Crippen LogP contribution is -2.55. The number of carbonyl (C=O) groups is 1. The van der Waals surface area contributed by atoms with Gasteiger partial charge in [-0.2, -0.15) is 21.6 Å². The monoisotopic (exact) mass is 527 g/mol. The largest absolute Gasteiger partial charge is 0.534 e. The maximum absolute atomic E-state index is 12.9. The van der Waals surface area contributed by atoms with Gasteiger partial charge in [-0.1, -0.05) is 24.3 Å². The van der Waals surface area contributed by atoms with Crippen LogP contribution in [0.1, 0.15) is 55.2 Å². The van der Waals surface area contributed by atoms with Crippen molar-refractivity contribution in [1.29, 1.82) is 0 Å². The molecule has 3 rings (SSSR count). The van der Waals surface area contributed by atoms with Crippen molar-refractivity contribution in [1.82, 2.24) is 15.1 Å². The highest BCUT2D eigenvalue weighted by Crippen LogP contribution is 2.35. The summed E-state index contributed by atoms with van der Waals surface area (Å²) in [5, 5.41) is 3.41. The number of halogens is 3. The van der Waals surface area contributed by atoms with E-state index in [0.717, 1.165) is 5.56 Å². The number of benzene rings is 2. The van der Waals surface area contributed by atoms with Gasteiger partial charge < -0.3 is 14.4 Å². The molecule has 1 fully saturated rings. The Balaban J connectivity index is 2.03. The third kappa shape index (κ3) is 6.19. The minimum atomic E-state index is -5.80. The molecule has 36 heavy (non-hydrogen) atoms. The van der Waals surface area contributed by atoms with Gasteiger partial charge in [-0.15, -0.1) is 0 Å². The van der Waals surface area contributed by atoms with Crippen LogP contribution in [0.25, 0.3) is 0 Å². The van der Waals surface area contributed by atoms with Gasteiger partial charge in [0.25, 0.3) is 5.91 Å². The third-order valence-electron chi connectivity index (χ3n) is 6.33. The van der Waals surface area contributed by atoms with E-state index >= 15 is 0 Å². The van der Waals surface area contributed by atoms with Crippen molar-refractivity contribution in [3.63, 3.8) is 0 Å². The van der Waals surface area contributed by atoms with E-state index < -0.39 is 27.4 Å². The highest BCUT2D eigenvalue weighted by Gasteiger charge is 2.48. The van der Waals surface area contributed by atoms with Crippen LogP contribution in [0.4, 0.5) is 13.2 Å². The molecule has 0 saturated carbocycles. The number of nitrogens with one attached hydrogen (secondary N) is 1. The lowest BCUT2D eigenvalue weighted by molar-refractivity contribution is -0.0500. The average Bonchev–Trinajstić information content (AvgIpc) is 2.82. The first-order chi connectivity index (χ1) is 16.9. The second-order valence-corrected chi connectivity index (χ2v) is 10.5. The summed E-state index contributed by atoms with van der Waals surface area (Å²) in [5.41, 5.74) is -3.59. The Morgan fingerprint density at radius 2 is 1.75 bits per heavy atom. The summed E-state index contributed by atoms with van der Waals surface area (Å²) < 4.78 is 66.2. The van der Waals surface area contributed by atoms with E-state index in [2.05, 4.69) is 14.4 Å². The second kappa shape index (κ2) is 11.2. The molecular formula is C25H32F3N3O4S. The van der Waals surface area contributed by atoms with Crippen LogP contribution in [0.5, 0.6) is 5.75 Å². The molecule has 2 aromatic rings. The zero-order valence-electron chi connectivity index (χ0n) is 20.7. The van der Waals surface area contributed by atoms with Crippen LogP contribution in [-0.4, -0.2) is 67.9 Å². The number of nitrogens with zero attached hydrogens (tertiary/aromatic N) is 2. The quantitative estimate of drug-likeness (QED) is 0.410. The van der Waals surface area contributed by atoms with Crippen LogP contribution in [0.3, 0.4) is 0 Å². The zero-order valence-corrected chi connectivity index (χ0v) is 21.6. The van der Waals surface area contributed by atoms with E-state index in [-0.39, 0.29) is 18.0 Å². The van der Waals surface area contributed by atoms with Crippen LogP contribution in [0, 0.1) is 0 Å². The average molecular weight is 528 g/mol. The predicted octanol–water partition coefficient (Wildman–Crippen LogP) is 4.17. The van der Waals surface area contributed by atoms with E-state index in [1.54, 1.807) is 23.1 Å². The Hall–Kier alpha value is -2.63. The fourth-order valence-electron chi connectivity index (χ4n) is 4.40. The smallest absolute Gasteiger partial charge is 0.376 e. The highest BCUT2D eigenvalue weighted by molar-refractivity contribution is 7.88. The Kier molecular flexibility index (Phi) is 8.68. The molecule has 1 aliphatic rings. The molecule has 2 aromatic carbocycles. The van der Waals surface area contributed by atoms with E-state index in [4.69, 9.17) is 0 Å². The Morgan fingerprint density at radius 1 is 1.11 bits per heavy atom. The number of rotatable bonds is 8. The molecule has 0 aliphatic carbocycles. The van der Waals surface area contributed by atoms with Crippen molar-refractivity contribution in [2.75, 3.05) is 26.2 Å². The van der Waals surface area contributed by atoms with Crippen molar-refractivity contribution in [3.05, 3.63) is 65.2 Å². The van der Waals surface area contributed by atoms with Gasteiger partial charge in [-0.3, -0.25) is 9.69 Å². The Labute approximate surface area is 210 Å². The summed E-state index contributed by atoms with van der Waals surface area (Å²) in [6.07, 6.45) is 0. The van der Waals surface area contributed by atoms with Gasteiger partial charge in [0.15, 0.2) is 0 Å². The van der Waals surface area contributed by atoms with Crippen molar-refractivity contribution >= 4 is 16.0 Å². The zero-order chi connectivity index (χ0) is 26.7. The second-order valence-electron chi connectivity index (χ2n) is 8.91. The minimum Gasteiger partial charge on any atom is -0.376 e. The first-order valence-electron chi connectivity index (χ1n) is 11.9. The molecule has 1 N–H and O–H groups in total. The molecule has 0 radical (unpaired) electrons. The summed E-state index contributed by atoms with van der Waals surface area (Å²) in [6.45, 7) is 10.4. The maximum Gasteiger partial charge on any atom is 0.534 e. The predicted molar refractivity (Wildman–Crippen MR) is 131 cm³/mol. The van der Waals surface area contributed by atoms with Crippen LogP contribution in [-0.2, 0) is 10.1 Å². The van der Waals surface area contributed by atoms with Gasteiger partial charge in [0.2, 0.25) is 0 Å². The van der Waals surface area contributed by atoms with Gasteiger partial charge >= 0.3 is 15.6 Å². The first kappa shape index (κ1) is 27.9. The van der Waals surface area contributed by atoms with E-state index in [9.17, 15) is 26.4 Å². The maximum atomic E-state index is 12.9. The van der Waals surface area contributed by atoms with Crippen molar-refractivity contribution < 1.29 is 30.6 Å². The van der Waals surface area contributed by atoms with E-state index in [1.807, 2.05) is 39.8 Å². The van der Waals surface area contributed by atoms with Crippen LogP contribution >= 0.6 is 0 Å². The lowest BCUT2D eigenvalue weighted by Gasteiger charge is -2.43. The molecule has 1 unspecified atom stereocenters. The summed E-state index contributed by atoms with van der Waals surface area (Å²) in [7, 11) is -5.80. The summed E-state index contributed by atoms with van der Waals surface area (Å²) in [4.78, 5) is 16.7. The number of hydrogen-bond acceptors (Lipinski definition) is 6. The molecule has 1 aliphatic heterocycles. The lowest BCUT2D eigenvalue weighted by atomic mass is 9.93. The van der Waals surface area contributed by atoms with Gasteiger partial charge in [0, 0.05) is 43.8 Å². The van der Waals surface area contributed by atoms with Crippen LogP contribution in [0.2, 0.25) is 0 Å². The van der Waals surface area contributed by atoms with Crippen molar-refractivity contribution in [2.45, 2.75) is 51.3 Å². The molecule has 1 heterocycles. The molecule has 198 valence electrons. The van der Waals surface area contributed by atoms with Crippen molar-refractivity contribution in [2.24, 2.45) is 0 Å². The molecule has 1 saturated heterocycles. The number of hydrogen-bond donors (Lipinski definition) is 1. The summed E-state index contributed by atoms with van der Waals surface area (Å²) in [5.74, 6) is -0.501. The van der Waals surface area contributed by atoms with Crippen LogP contribution in [0.15, 0.2) is 48.5 Å². The van der Waals surface area contributed by atoms with Crippen molar-refractivity contribution in [3.8, 4) is 5.75 Å². The fraction of sp³-hybridized carbons (Fsp3) is 0.480. The van der Waals surface area contributed by atoms with Gasteiger partial charge in [0.05, 0.1) is 6.04 Å². The number of piperazine rings is 1. The Bertz CT molecular complexity index is 1150. The molecule has 0 bridgehead atoms. The Morgan fingerprint density at radius 3 is 2.33 bits per heavy atom.